The lowest BCUT2D eigenvalue weighted by molar-refractivity contribution is -0.384. The van der Waals surface area contributed by atoms with Crippen molar-refractivity contribution < 1.29 is 9.72 Å². The van der Waals surface area contributed by atoms with Crippen molar-refractivity contribution in [2.24, 2.45) is 7.05 Å². The molecule has 0 saturated heterocycles. The number of halogens is 1. The fourth-order valence-electron chi connectivity index (χ4n) is 2.19. The predicted molar refractivity (Wildman–Crippen MR) is 89.4 cm³/mol. The molecule has 0 atom stereocenters. The van der Waals surface area contributed by atoms with Gasteiger partial charge < -0.3 is 9.88 Å². The third-order valence-electron chi connectivity index (χ3n) is 3.45. The third kappa shape index (κ3) is 2.78. The van der Waals surface area contributed by atoms with Crippen LogP contribution < -0.4 is 5.32 Å². The first kappa shape index (κ1) is 15.4. The van der Waals surface area contributed by atoms with E-state index in [1.807, 2.05) is 24.6 Å². The Bertz CT molecular complexity index is 947. The average molecular weight is 351 g/mol. The van der Waals surface area contributed by atoms with Crippen LogP contribution in [0.15, 0.2) is 24.3 Å². The minimum atomic E-state index is -0.613. The van der Waals surface area contributed by atoms with Gasteiger partial charge in [0.25, 0.3) is 11.6 Å². The van der Waals surface area contributed by atoms with Crippen LogP contribution in [0.4, 0.5) is 11.4 Å². The van der Waals surface area contributed by atoms with Crippen molar-refractivity contribution >= 4 is 51.3 Å². The number of nitrogens with one attached hydrogen (secondary N) is 1. The third-order valence-corrected chi connectivity index (χ3v) is 4.79. The van der Waals surface area contributed by atoms with Crippen molar-refractivity contribution in [2.75, 3.05) is 5.32 Å². The van der Waals surface area contributed by atoms with Gasteiger partial charge in [-0.3, -0.25) is 14.9 Å². The second-order valence-corrected chi connectivity index (χ2v) is 6.56. The normalized spacial score (nSPS) is 10.9. The Balaban J connectivity index is 1.88. The van der Waals surface area contributed by atoms with Crippen LogP contribution in [0.2, 0.25) is 4.34 Å². The van der Waals surface area contributed by atoms with Crippen molar-refractivity contribution in [3.05, 3.63) is 49.4 Å². The summed E-state index contributed by atoms with van der Waals surface area (Å²) in [5, 5.41) is 13.5. The summed E-state index contributed by atoms with van der Waals surface area (Å²) < 4.78 is 1.93. The molecule has 3 rings (SSSR count). The number of aryl methyl sites for hydroxylation is 2. The summed E-state index contributed by atoms with van der Waals surface area (Å²) in [4.78, 5) is 27.0. The van der Waals surface area contributed by atoms with Crippen LogP contribution in [0.25, 0.3) is 11.0 Å². The van der Waals surface area contributed by atoms with Gasteiger partial charge in [0.1, 0.15) is 10.7 Å². The van der Waals surface area contributed by atoms with E-state index in [1.165, 1.54) is 6.07 Å². The van der Waals surface area contributed by atoms with Crippen LogP contribution >= 0.6 is 22.9 Å². The fraction of sp³-hybridized carbons (Fsp3) is 0.143. The van der Waals surface area contributed by atoms with Crippen LogP contribution in [-0.4, -0.2) is 20.4 Å². The number of benzene rings is 1. The molecule has 0 aliphatic carbocycles. The van der Waals surface area contributed by atoms with Gasteiger partial charge >= 0.3 is 0 Å². The molecule has 0 bridgehead atoms. The summed E-state index contributed by atoms with van der Waals surface area (Å²) >= 11 is 6.64. The molecule has 1 amide bonds. The van der Waals surface area contributed by atoms with E-state index in [0.717, 1.165) is 28.2 Å². The first-order valence-electron chi connectivity index (χ1n) is 6.55. The van der Waals surface area contributed by atoms with Gasteiger partial charge in [0, 0.05) is 18.8 Å². The van der Waals surface area contributed by atoms with Crippen LogP contribution in [-0.2, 0) is 7.05 Å². The molecule has 0 unspecified atom stereocenters. The number of carbonyl (C=O) groups is 1. The number of nitro groups is 1. The second kappa shape index (κ2) is 5.64. The topological polar surface area (TPSA) is 90.1 Å². The maximum Gasteiger partial charge on any atom is 0.299 e. The molecule has 0 radical (unpaired) electrons. The number of rotatable bonds is 3. The van der Waals surface area contributed by atoms with Gasteiger partial charge in [-0.1, -0.05) is 11.6 Å². The molecule has 0 saturated carbocycles. The van der Waals surface area contributed by atoms with E-state index in [1.54, 1.807) is 12.1 Å². The minimum Gasteiger partial charge on any atom is -0.331 e. The number of aromatic nitrogens is 2. The van der Waals surface area contributed by atoms with Crippen LogP contribution in [0, 0.1) is 17.0 Å². The molecule has 0 fully saturated rings. The molecule has 3 aromatic rings. The Morgan fingerprint density at radius 3 is 2.83 bits per heavy atom. The Labute approximate surface area is 139 Å². The molecule has 1 aromatic carbocycles. The van der Waals surface area contributed by atoms with E-state index in [9.17, 15) is 14.9 Å². The number of anilines is 1. The molecule has 23 heavy (non-hydrogen) atoms. The Morgan fingerprint density at radius 2 is 2.17 bits per heavy atom. The zero-order valence-corrected chi connectivity index (χ0v) is 13.7. The van der Waals surface area contributed by atoms with E-state index in [-0.39, 0.29) is 14.9 Å². The maximum absolute atomic E-state index is 12.2. The largest absolute Gasteiger partial charge is 0.331 e. The first-order chi connectivity index (χ1) is 10.9. The van der Waals surface area contributed by atoms with Gasteiger partial charge in [0.05, 0.1) is 16.0 Å². The second-order valence-electron chi connectivity index (χ2n) is 4.90. The number of hydrogen-bond acceptors (Lipinski definition) is 5. The Hall–Kier alpha value is -2.45. The highest BCUT2D eigenvalue weighted by molar-refractivity contribution is 7.18. The molecular formula is C14H11ClN4O3S. The summed E-state index contributed by atoms with van der Waals surface area (Å²) in [5.41, 5.74) is 2.01. The molecular weight excluding hydrogens is 340 g/mol. The average Bonchev–Trinajstić information content (AvgIpc) is 3.00. The number of amides is 1. The van der Waals surface area contributed by atoms with Gasteiger partial charge in [-0.25, -0.2) is 4.98 Å². The highest BCUT2D eigenvalue weighted by Gasteiger charge is 2.21. The van der Waals surface area contributed by atoms with Crippen molar-refractivity contribution in [1.29, 1.82) is 0 Å². The molecule has 0 spiro atoms. The molecule has 0 aliphatic heterocycles. The first-order valence-corrected chi connectivity index (χ1v) is 7.74. The molecule has 7 nitrogen and oxygen atoms in total. The summed E-state index contributed by atoms with van der Waals surface area (Å²) in [6, 6.07) is 6.54. The SMILES string of the molecule is Cc1nc2cc(NC(=O)c3cc([N+](=O)[O-])c(Cl)s3)ccc2n1C. The van der Waals surface area contributed by atoms with E-state index in [2.05, 4.69) is 10.3 Å². The number of nitrogens with zero attached hydrogens (tertiary/aromatic N) is 3. The van der Waals surface area contributed by atoms with Crippen molar-refractivity contribution in [1.82, 2.24) is 9.55 Å². The number of hydrogen-bond donors (Lipinski definition) is 1. The van der Waals surface area contributed by atoms with Gasteiger partial charge in [-0.2, -0.15) is 0 Å². The Morgan fingerprint density at radius 1 is 1.43 bits per heavy atom. The number of imidazole rings is 1. The van der Waals surface area contributed by atoms with E-state index < -0.39 is 10.8 Å². The smallest absolute Gasteiger partial charge is 0.299 e. The standard InChI is InChI=1S/C14H11ClN4O3S/c1-7-16-9-5-8(3-4-10(9)18(7)2)17-14(20)12-6-11(19(21)22)13(15)23-12/h3-6H,1-2H3,(H,17,20). The van der Waals surface area contributed by atoms with Crippen molar-refractivity contribution in [2.45, 2.75) is 6.92 Å². The summed E-state index contributed by atoms with van der Waals surface area (Å²) in [5.74, 6) is 0.418. The van der Waals surface area contributed by atoms with E-state index in [4.69, 9.17) is 11.6 Å². The molecule has 9 heteroatoms. The minimum absolute atomic E-state index is 0.0176. The molecule has 2 aromatic heterocycles. The Kier molecular flexibility index (Phi) is 3.78. The van der Waals surface area contributed by atoms with Crippen LogP contribution in [0.5, 0.6) is 0 Å². The highest BCUT2D eigenvalue weighted by atomic mass is 35.5. The van der Waals surface area contributed by atoms with Gasteiger partial charge in [-0.05, 0) is 25.1 Å². The van der Waals surface area contributed by atoms with E-state index in [0.29, 0.717) is 5.69 Å². The lowest BCUT2D eigenvalue weighted by Crippen LogP contribution is -2.10. The quantitative estimate of drug-likeness (QED) is 0.575. The highest BCUT2D eigenvalue weighted by Crippen LogP contribution is 2.34. The summed E-state index contributed by atoms with van der Waals surface area (Å²) in [7, 11) is 1.91. The number of fused-ring (bicyclic) bond motifs is 1. The lowest BCUT2D eigenvalue weighted by atomic mass is 10.2. The summed E-state index contributed by atoms with van der Waals surface area (Å²) in [6.07, 6.45) is 0. The van der Waals surface area contributed by atoms with E-state index >= 15 is 0 Å². The zero-order chi connectivity index (χ0) is 16.7. The van der Waals surface area contributed by atoms with Gasteiger partial charge in [0.2, 0.25) is 0 Å². The van der Waals surface area contributed by atoms with Crippen molar-refractivity contribution in [3.8, 4) is 0 Å². The monoisotopic (exact) mass is 350 g/mol. The summed E-state index contributed by atoms with van der Waals surface area (Å²) in [6.45, 7) is 1.89. The van der Waals surface area contributed by atoms with Gasteiger partial charge in [-0.15, -0.1) is 11.3 Å². The molecule has 2 heterocycles. The number of thiophene rings is 1. The number of carbonyl (C=O) groups excluding carboxylic acids is 1. The van der Waals surface area contributed by atoms with Gasteiger partial charge in [0.15, 0.2) is 4.34 Å². The zero-order valence-electron chi connectivity index (χ0n) is 12.2. The van der Waals surface area contributed by atoms with Crippen LogP contribution in [0.1, 0.15) is 15.5 Å². The lowest BCUT2D eigenvalue weighted by Gasteiger charge is -2.03. The molecule has 1 N–H and O–H groups in total. The van der Waals surface area contributed by atoms with Crippen LogP contribution in [0.3, 0.4) is 0 Å². The predicted octanol–water partition coefficient (Wildman–Crippen LogP) is 3.76. The van der Waals surface area contributed by atoms with Crippen molar-refractivity contribution in [3.63, 3.8) is 0 Å². The maximum atomic E-state index is 12.2. The fourth-order valence-corrected chi connectivity index (χ4v) is 3.30. The molecule has 0 aliphatic rings. The molecule has 118 valence electrons.